The minimum absolute atomic E-state index is 0.110. The van der Waals surface area contributed by atoms with Crippen LogP contribution in [0.5, 0.6) is 0 Å². The molecule has 10 nitrogen and oxygen atoms in total. The van der Waals surface area contributed by atoms with Gasteiger partial charge in [0.05, 0.1) is 0 Å². The highest BCUT2D eigenvalue weighted by molar-refractivity contribution is 6.01. The van der Waals surface area contributed by atoms with Crippen molar-refractivity contribution < 1.29 is 0 Å². The van der Waals surface area contributed by atoms with Crippen LogP contribution in [-0.4, -0.2) is 72.5 Å². The molecule has 0 spiro atoms. The Morgan fingerprint density at radius 3 is 2.60 bits per heavy atom. The second kappa shape index (κ2) is 10.1. The maximum Gasteiger partial charge on any atom is 0.233 e. The van der Waals surface area contributed by atoms with Gasteiger partial charge in [0.2, 0.25) is 17.8 Å². The molecule has 3 heterocycles. The summed E-state index contributed by atoms with van der Waals surface area (Å²) in [6.45, 7) is 17.3. The van der Waals surface area contributed by atoms with Gasteiger partial charge in [0, 0.05) is 44.5 Å². The molecule has 4 rings (SSSR count). The number of hydrazine groups is 1. The Morgan fingerprint density at radius 2 is 1.89 bits per heavy atom. The number of hydrogen-bond acceptors (Lipinski definition) is 10. The predicted molar refractivity (Wildman–Crippen MR) is 143 cm³/mol. The van der Waals surface area contributed by atoms with Gasteiger partial charge in [0.15, 0.2) is 5.84 Å². The van der Waals surface area contributed by atoms with Gasteiger partial charge in [-0.3, -0.25) is 10.9 Å². The van der Waals surface area contributed by atoms with Crippen molar-refractivity contribution >= 4 is 29.4 Å². The molecule has 3 N–H and O–H groups in total. The van der Waals surface area contributed by atoms with Crippen LogP contribution in [0, 0.1) is 12.3 Å². The number of aryl methyl sites for hydroxylation is 1. The van der Waals surface area contributed by atoms with Crippen molar-refractivity contribution in [3.05, 3.63) is 41.7 Å². The minimum Gasteiger partial charge on any atom is -0.343 e. The molecule has 0 radical (unpaired) electrons. The molecular weight excluding hydrogens is 440 g/mol. The zero-order chi connectivity index (χ0) is 25.2. The zero-order valence-electron chi connectivity index (χ0n) is 21.8. The SMILES string of the molecule is C=C1N=C(c2ccc(C)c(Nc3nc(N(C)CC(C)(C)C)nc(N4CCCN(C)CC4)n3)c2)NN1. The summed E-state index contributed by atoms with van der Waals surface area (Å²) in [5, 5.41) is 3.46. The molecule has 1 saturated heterocycles. The smallest absolute Gasteiger partial charge is 0.233 e. The summed E-state index contributed by atoms with van der Waals surface area (Å²) in [7, 11) is 4.20. The molecule has 10 heteroatoms. The number of nitrogens with zero attached hydrogens (tertiary/aromatic N) is 7. The van der Waals surface area contributed by atoms with Crippen molar-refractivity contribution in [1.82, 2.24) is 30.7 Å². The summed E-state index contributed by atoms with van der Waals surface area (Å²) >= 11 is 0. The fraction of sp³-hybridized carbons (Fsp3) is 0.520. The number of rotatable bonds is 6. The number of hydrogen-bond donors (Lipinski definition) is 3. The fourth-order valence-corrected chi connectivity index (χ4v) is 4.23. The molecule has 0 saturated carbocycles. The van der Waals surface area contributed by atoms with E-state index in [0.29, 0.717) is 23.7 Å². The Hall–Kier alpha value is -3.40. The van der Waals surface area contributed by atoms with E-state index < -0.39 is 0 Å². The van der Waals surface area contributed by atoms with Gasteiger partial charge in [-0.25, -0.2) is 4.99 Å². The first kappa shape index (κ1) is 24.7. The predicted octanol–water partition coefficient (Wildman–Crippen LogP) is 2.87. The molecule has 0 atom stereocenters. The molecule has 0 aliphatic carbocycles. The van der Waals surface area contributed by atoms with Crippen molar-refractivity contribution in [1.29, 1.82) is 0 Å². The van der Waals surface area contributed by atoms with Crippen LogP contribution in [-0.2, 0) is 0 Å². The van der Waals surface area contributed by atoms with Crippen LogP contribution in [0.3, 0.4) is 0 Å². The normalized spacial score (nSPS) is 16.9. The Kier molecular flexibility index (Phi) is 7.11. The van der Waals surface area contributed by atoms with Gasteiger partial charge < -0.3 is 20.0 Å². The van der Waals surface area contributed by atoms with Crippen LogP contribution >= 0.6 is 0 Å². The van der Waals surface area contributed by atoms with E-state index in [-0.39, 0.29) is 5.41 Å². The number of nitrogens with one attached hydrogen (secondary N) is 3. The highest BCUT2D eigenvalue weighted by Crippen LogP contribution is 2.25. The van der Waals surface area contributed by atoms with Gasteiger partial charge in [0.1, 0.15) is 5.82 Å². The van der Waals surface area contributed by atoms with E-state index in [9.17, 15) is 0 Å². The Labute approximate surface area is 208 Å². The van der Waals surface area contributed by atoms with Crippen LogP contribution in [0.15, 0.2) is 35.6 Å². The van der Waals surface area contributed by atoms with Gasteiger partial charge in [-0.15, -0.1) is 0 Å². The van der Waals surface area contributed by atoms with Crippen LogP contribution in [0.4, 0.5) is 23.5 Å². The van der Waals surface area contributed by atoms with E-state index in [0.717, 1.165) is 61.8 Å². The molecule has 0 bridgehead atoms. The number of amidine groups is 1. The monoisotopic (exact) mass is 478 g/mol. The molecule has 35 heavy (non-hydrogen) atoms. The molecule has 188 valence electrons. The van der Waals surface area contributed by atoms with Gasteiger partial charge in [-0.1, -0.05) is 39.5 Å². The summed E-state index contributed by atoms with van der Waals surface area (Å²) < 4.78 is 0. The first-order valence-electron chi connectivity index (χ1n) is 12.2. The molecular formula is C25H38N10. The average molecular weight is 479 g/mol. The summed E-state index contributed by atoms with van der Waals surface area (Å²) in [6, 6.07) is 6.13. The topological polar surface area (TPSA) is 96.8 Å². The zero-order valence-corrected chi connectivity index (χ0v) is 21.8. The van der Waals surface area contributed by atoms with E-state index in [1.54, 1.807) is 0 Å². The molecule has 2 aliphatic rings. The maximum atomic E-state index is 4.88. The van der Waals surface area contributed by atoms with E-state index >= 15 is 0 Å². The highest BCUT2D eigenvalue weighted by atomic mass is 15.5. The van der Waals surface area contributed by atoms with E-state index in [2.05, 4.69) is 83.2 Å². The van der Waals surface area contributed by atoms with Crippen molar-refractivity contribution in [2.24, 2.45) is 10.4 Å². The van der Waals surface area contributed by atoms with Crippen LogP contribution in [0.1, 0.15) is 38.3 Å². The Bertz CT molecular complexity index is 1100. The lowest BCUT2D eigenvalue weighted by atomic mass is 9.96. The molecule has 0 unspecified atom stereocenters. The third kappa shape index (κ3) is 6.39. The highest BCUT2D eigenvalue weighted by Gasteiger charge is 2.21. The summed E-state index contributed by atoms with van der Waals surface area (Å²) in [6.07, 6.45) is 1.08. The van der Waals surface area contributed by atoms with Crippen molar-refractivity contribution in [2.45, 2.75) is 34.1 Å². The van der Waals surface area contributed by atoms with E-state index in [1.165, 1.54) is 0 Å². The van der Waals surface area contributed by atoms with Gasteiger partial charge >= 0.3 is 0 Å². The minimum atomic E-state index is 0.110. The standard InChI is InChI=1S/C25H38N10/c1-17-9-10-19(21-26-18(2)31-32-21)15-20(17)27-22-28-23(34(7)16-25(3,4)5)30-24(29-22)35-12-8-11-33(6)13-14-35/h9-10,15,31H,2,8,11-14,16H2,1,3-7H3,(H,26,32)(H,27,28,29,30). The number of aliphatic imine (C=N–C) groups is 1. The van der Waals surface area contributed by atoms with Crippen LogP contribution in [0.2, 0.25) is 0 Å². The first-order chi connectivity index (χ1) is 16.6. The summed E-state index contributed by atoms with van der Waals surface area (Å²) in [4.78, 5) is 25.7. The molecule has 1 aromatic heterocycles. The van der Waals surface area contributed by atoms with E-state index in [1.807, 2.05) is 19.2 Å². The number of likely N-dealkylation sites (N-methyl/N-ethyl adjacent to an activating group) is 1. The van der Waals surface area contributed by atoms with Crippen LogP contribution < -0.4 is 26.0 Å². The number of benzene rings is 1. The number of aromatic nitrogens is 3. The lowest BCUT2D eigenvalue weighted by Crippen LogP contribution is -2.33. The quantitative estimate of drug-likeness (QED) is 0.579. The summed E-state index contributed by atoms with van der Waals surface area (Å²) in [5.74, 6) is 3.24. The van der Waals surface area contributed by atoms with Crippen molar-refractivity contribution in [3.8, 4) is 0 Å². The maximum absolute atomic E-state index is 4.88. The fourth-order valence-electron chi connectivity index (χ4n) is 4.23. The Balaban J connectivity index is 1.67. The second-order valence-electron chi connectivity index (χ2n) is 10.6. The van der Waals surface area contributed by atoms with E-state index in [4.69, 9.17) is 15.0 Å². The molecule has 0 amide bonds. The average Bonchev–Trinajstić information content (AvgIpc) is 3.10. The lowest BCUT2D eigenvalue weighted by molar-refractivity contribution is 0.360. The Morgan fingerprint density at radius 1 is 1.09 bits per heavy atom. The van der Waals surface area contributed by atoms with Crippen molar-refractivity contribution in [2.75, 3.05) is 61.9 Å². The first-order valence-corrected chi connectivity index (χ1v) is 12.2. The van der Waals surface area contributed by atoms with Gasteiger partial charge in [-0.2, -0.15) is 15.0 Å². The third-order valence-corrected chi connectivity index (χ3v) is 6.00. The number of anilines is 4. The molecule has 1 fully saturated rings. The summed E-state index contributed by atoms with van der Waals surface area (Å²) in [5.41, 5.74) is 9.04. The van der Waals surface area contributed by atoms with Gasteiger partial charge in [-0.05, 0) is 44.0 Å². The second-order valence-corrected chi connectivity index (χ2v) is 10.6. The van der Waals surface area contributed by atoms with Gasteiger partial charge in [0.25, 0.3) is 0 Å². The van der Waals surface area contributed by atoms with Crippen molar-refractivity contribution in [3.63, 3.8) is 0 Å². The van der Waals surface area contributed by atoms with Crippen LogP contribution in [0.25, 0.3) is 0 Å². The largest absolute Gasteiger partial charge is 0.343 e. The molecule has 2 aliphatic heterocycles. The third-order valence-electron chi connectivity index (χ3n) is 6.00. The molecule has 2 aromatic rings. The lowest BCUT2D eigenvalue weighted by Gasteiger charge is -2.28. The molecule has 1 aromatic carbocycles.